The van der Waals surface area contributed by atoms with Crippen LogP contribution in [0.4, 0.5) is 10.5 Å². The topological polar surface area (TPSA) is 285 Å². The van der Waals surface area contributed by atoms with Crippen molar-refractivity contribution in [1.82, 2.24) is 30.6 Å². The molecule has 4 amide bonds. The molecule has 20 heteroatoms. The maximum atomic E-state index is 13.4. The third kappa shape index (κ3) is 6.38. The summed E-state index contributed by atoms with van der Waals surface area (Å²) in [5.74, 6) is 28.7. The predicted molar refractivity (Wildman–Crippen MR) is 157 cm³/mol. The summed E-state index contributed by atoms with van der Waals surface area (Å²) in [4.78, 5) is 44.7. The summed E-state index contributed by atoms with van der Waals surface area (Å²) < 4.78 is 0. The Morgan fingerprint density at radius 2 is 1.88 bits per heavy atom. The van der Waals surface area contributed by atoms with Crippen molar-refractivity contribution in [1.29, 1.82) is 0 Å². The van der Waals surface area contributed by atoms with Gasteiger partial charge in [-0.2, -0.15) is 0 Å². The van der Waals surface area contributed by atoms with E-state index in [-0.39, 0.29) is 28.6 Å². The summed E-state index contributed by atoms with van der Waals surface area (Å²) >= 11 is 6.05. The normalized spacial score (nSPS) is 22.6. The van der Waals surface area contributed by atoms with Crippen LogP contribution in [0, 0.1) is 0 Å². The van der Waals surface area contributed by atoms with Crippen molar-refractivity contribution in [3.05, 3.63) is 40.8 Å². The molecule has 4 rings (SSSR count). The van der Waals surface area contributed by atoms with Gasteiger partial charge in [0.15, 0.2) is 17.3 Å². The van der Waals surface area contributed by atoms with E-state index >= 15 is 0 Å². The van der Waals surface area contributed by atoms with Gasteiger partial charge in [-0.05, 0) is 44.9 Å². The molecule has 234 valence electrons. The number of halogens is 1. The number of carbonyl (C=O) groups excluding carboxylic acids is 3. The molecule has 2 atom stereocenters. The first-order valence-corrected chi connectivity index (χ1v) is 13.7. The van der Waals surface area contributed by atoms with Crippen LogP contribution in [0.2, 0.25) is 0 Å². The van der Waals surface area contributed by atoms with Crippen LogP contribution in [0.25, 0.3) is 0 Å². The quantitative estimate of drug-likeness (QED) is 0.0554. The number of nitrogens with two attached hydrogens (primary N) is 6. The Labute approximate surface area is 252 Å². The first-order valence-electron chi connectivity index (χ1n) is 13.3. The summed E-state index contributed by atoms with van der Waals surface area (Å²) in [6.45, 7) is 4.55. The first kappa shape index (κ1) is 32.0. The molecule has 0 bridgehead atoms. The van der Waals surface area contributed by atoms with Crippen molar-refractivity contribution in [2.75, 3.05) is 24.6 Å². The number of amides is 4. The largest absolute Gasteiger partial charge is 0.353 e. The number of likely N-dealkylation sites (tertiary alicyclic amines) is 1. The predicted octanol–water partition coefficient (Wildman–Crippen LogP) is -2.17. The minimum atomic E-state index is -1.04. The summed E-state index contributed by atoms with van der Waals surface area (Å²) in [5.41, 5.74) is 5.92. The van der Waals surface area contributed by atoms with Crippen molar-refractivity contribution >= 4 is 40.8 Å². The van der Waals surface area contributed by atoms with Gasteiger partial charge >= 0.3 is 6.03 Å². The van der Waals surface area contributed by atoms with E-state index in [0.717, 1.165) is 10.0 Å². The number of anilines is 1. The molecule has 19 nitrogen and oxygen atoms in total. The molecule has 1 aromatic carbocycles. The van der Waals surface area contributed by atoms with E-state index in [9.17, 15) is 14.4 Å². The maximum absolute atomic E-state index is 13.4. The van der Waals surface area contributed by atoms with Crippen molar-refractivity contribution in [2.24, 2.45) is 50.3 Å². The zero-order chi connectivity index (χ0) is 31.6. The van der Waals surface area contributed by atoms with Gasteiger partial charge in [0, 0.05) is 31.2 Å². The van der Waals surface area contributed by atoms with Gasteiger partial charge in [-0.25, -0.2) is 36.5 Å². The first-order chi connectivity index (χ1) is 20.3. The molecule has 2 fully saturated rings. The van der Waals surface area contributed by atoms with Crippen LogP contribution >= 0.6 is 11.6 Å². The van der Waals surface area contributed by atoms with E-state index in [2.05, 4.69) is 26.0 Å². The van der Waals surface area contributed by atoms with Gasteiger partial charge in [-0.3, -0.25) is 26.3 Å². The number of rotatable bonds is 6. The third-order valence-corrected chi connectivity index (χ3v) is 7.85. The van der Waals surface area contributed by atoms with Gasteiger partial charge in [0.2, 0.25) is 0 Å². The van der Waals surface area contributed by atoms with E-state index in [1.807, 2.05) is 0 Å². The fraction of sp³-hybridized carbons (Fsp3) is 0.478. The Bertz CT molecular complexity index is 1340. The lowest BCUT2D eigenvalue weighted by Gasteiger charge is -2.43. The Balaban J connectivity index is 1.40. The van der Waals surface area contributed by atoms with Crippen LogP contribution in [0.15, 0.2) is 50.6 Å². The molecule has 2 saturated heterocycles. The van der Waals surface area contributed by atoms with Crippen LogP contribution < -0.4 is 50.6 Å². The molecule has 3 heterocycles. The number of nitrogens with zero attached hydrogens (tertiary/aromatic N) is 8. The van der Waals surface area contributed by atoms with E-state index in [1.54, 1.807) is 36.9 Å². The van der Waals surface area contributed by atoms with Crippen molar-refractivity contribution in [3.63, 3.8) is 0 Å². The van der Waals surface area contributed by atoms with Gasteiger partial charge in [-0.15, -0.1) is 5.11 Å². The molecule has 1 aromatic rings. The molecule has 0 aromatic heterocycles. The zero-order valence-electron chi connectivity index (χ0n) is 23.7. The number of carbonyl (C=O) groups is 3. The Kier molecular flexibility index (Phi) is 9.47. The highest BCUT2D eigenvalue weighted by Gasteiger charge is 2.51. The second-order valence-corrected chi connectivity index (χ2v) is 11.0. The van der Waals surface area contributed by atoms with E-state index < -0.39 is 29.9 Å². The molecule has 1 spiro atoms. The fourth-order valence-electron chi connectivity index (χ4n) is 5.06. The average Bonchev–Trinajstić information content (AvgIpc) is 3.21. The van der Waals surface area contributed by atoms with E-state index in [4.69, 9.17) is 46.5 Å². The molecular formula is C23H37ClN16O3. The number of piperidine rings is 1. The van der Waals surface area contributed by atoms with Crippen LogP contribution in [0.3, 0.4) is 0 Å². The Morgan fingerprint density at radius 1 is 1.21 bits per heavy atom. The molecule has 3 aliphatic rings. The van der Waals surface area contributed by atoms with Crippen LogP contribution in [0.5, 0.6) is 0 Å². The number of hydrazine groups is 4. The Morgan fingerprint density at radius 3 is 2.51 bits per heavy atom. The number of urea groups is 1. The average molecular weight is 621 g/mol. The molecular weight excluding hydrogens is 584 g/mol. The van der Waals surface area contributed by atoms with Crippen LogP contribution in [-0.4, -0.2) is 87.2 Å². The molecule has 0 radical (unpaired) electrons. The van der Waals surface area contributed by atoms with E-state index in [0.29, 0.717) is 43.7 Å². The number of aliphatic imine (C=N–C) groups is 1. The Hall–Kier alpha value is -3.95. The lowest BCUT2D eigenvalue weighted by atomic mass is 9.87. The van der Waals surface area contributed by atoms with Crippen LogP contribution in [0.1, 0.15) is 37.0 Å². The maximum Gasteiger partial charge on any atom is 0.353 e. The van der Waals surface area contributed by atoms with Gasteiger partial charge in [0.25, 0.3) is 11.8 Å². The number of benzene rings is 1. The highest BCUT2D eigenvalue weighted by molar-refractivity contribution is 6.43. The molecule has 3 aliphatic heterocycles. The standard InChI is InChI=1S/C23H37ClN16O3/c1-12(2)38(28)22(43)39(29)14-5-3-4-13(10-14)20(42)36-8-6-23(7-9-36)11-37(27)21(40(23)30)33-19(41)15-17(25)32-18(34-35-26)16(24)31-15/h3-5,10,12,17,21,32H,6-9,11,25,27-30H2,1-2H3,(H2,26,34)(H,33,41). The minimum Gasteiger partial charge on any atom is -0.345 e. The third-order valence-electron chi connectivity index (χ3n) is 7.59. The number of nitrogens with one attached hydrogen (secondary N) is 2. The van der Waals surface area contributed by atoms with Crippen LogP contribution in [-0.2, 0) is 4.79 Å². The summed E-state index contributed by atoms with van der Waals surface area (Å²) in [5, 5.41) is 16.7. The molecule has 14 N–H and O–H groups in total. The van der Waals surface area contributed by atoms with Gasteiger partial charge in [0.05, 0.1) is 11.2 Å². The minimum absolute atomic E-state index is 0.0177. The van der Waals surface area contributed by atoms with Gasteiger partial charge in [0.1, 0.15) is 11.9 Å². The summed E-state index contributed by atoms with van der Waals surface area (Å²) in [7, 11) is 0. The lowest BCUT2D eigenvalue weighted by molar-refractivity contribution is -0.119. The van der Waals surface area contributed by atoms with Gasteiger partial charge < -0.3 is 27.1 Å². The number of hydrogen-bond acceptors (Lipinski definition) is 14. The second-order valence-electron chi connectivity index (χ2n) is 10.6. The fourth-order valence-corrected chi connectivity index (χ4v) is 5.25. The van der Waals surface area contributed by atoms with Crippen molar-refractivity contribution < 1.29 is 14.4 Å². The van der Waals surface area contributed by atoms with E-state index in [1.165, 1.54) is 16.1 Å². The van der Waals surface area contributed by atoms with Crippen molar-refractivity contribution in [2.45, 2.75) is 50.7 Å². The summed E-state index contributed by atoms with van der Waals surface area (Å²) in [6, 6.07) is 5.54. The zero-order valence-corrected chi connectivity index (χ0v) is 24.5. The SMILES string of the molecule is CC(C)N(N)C(=O)N(N)c1cccc(C(=O)N2CCC3(CC2)CN(N)C(NC(=O)C2=NC(Cl)=C(N=NN)NC2N)N3N)c1. The molecule has 2 unspecified atom stereocenters. The second kappa shape index (κ2) is 12.7. The molecule has 0 aliphatic carbocycles. The summed E-state index contributed by atoms with van der Waals surface area (Å²) in [6.07, 6.45) is -0.999. The highest BCUT2D eigenvalue weighted by atomic mass is 35.5. The lowest BCUT2D eigenvalue weighted by Crippen LogP contribution is -2.64. The van der Waals surface area contributed by atoms with Crippen molar-refractivity contribution in [3.8, 4) is 0 Å². The number of hydrogen-bond donors (Lipinski definition) is 8. The highest BCUT2D eigenvalue weighted by Crippen LogP contribution is 2.34. The molecule has 43 heavy (non-hydrogen) atoms. The molecule has 0 saturated carbocycles. The smallest absolute Gasteiger partial charge is 0.345 e. The monoisotopic (exact) mass is 620 g/mol. The van der Waals surface area contributed by atoms with Gasteiger partial charge in [-0.1, -0.05) is 22.9 Å².